The van der Waals surface area contributed by atoms with Gasteiger partial charge in [-0.3, -0.25) is 14.6 Å². The molecule has 0 bridgehead atoms. The third kappa shape index (κ3) is 5.25. The fraction of sp³-hybridized carbons (Fsp3) is 0.344. The molecule has 9 heteroatoms. The predicted octanol–water partition coefficient (Wildman–Crippen LogP) is 3.36. The van der Waals surface area contributed by atoms with Crippen LogP contribution in [0, 0.1) is 0 Å². The minimum absolute atomic E-state index is 0.0215. The lowest BCUT2D eigenvalue weighted by Gasteiger charge is -2.45. The zero-order valence-electron chi connectivity index (χ0n) is 23.4. The van der Waals surface area contributed by atoms with Crippen LogP contribution in [0.25, 0.3) is 0 Å². The van der Waals surface area contributed by atoms with Crippen molar-refractivity contribution in [1.82, 2.24) is 25.1 Å². The fourth-order valence-electron chi connectivity index (χ4n) is 6.09. The van der Waals surface area contributed by atoms with E-state index in [0.717, 1.165) is 28.0 Å². The van der Waals surface area contributed by atoms with Crippen molar-refractivity contribution < 1.29 is 19.1 Å². The van der Waals surface area contributed by atoms with Crippen LogP contribution in [0.2, 0.25) is 0 Å². The zero-order valence-corrected chi connectivity index (χ0v) is 23.4. The van der Waals surface area contributed by atoms with Crippen molar-refractivity contribution >= 4 is 17.8 Å². The van der Waals surface area contributed by atoms with Gasteiger partial charge in [-0.1, -0.05) is 85.8 Å². The number of para-hydroxylation sites is 1. The Morgan fingerprint density at radius 2 is 1.68 bits per heavy atom. The molecule has 3 atom stereocenters. The summed E-state index contributed by atoms with van der Waals surface area (Å²) >= 11 is 0. The Bertz CT molecular complexity index is 1430. The number of fused-ring (bicyclic) bond motifs is 2. The van der Waals surface area contributed by atoms with Crippen molar-refractivity contribution in [2.45, 2.75) is 44.6 Å². The highest BCUT2D eigenvalue weighted by Crippen LogP contribution is 2.38. The molecule has 0 saturated carbocycles. The van der Waals surface area contributed by atoms with Crippen molar-refractivity contribution in [1.29, 1.82) is 0 Å². The number of ether oxygens (including phenoxy) is 1. The lowest BCUT2D eigenvalue weighted by molar-refractivity contribution is -0.157. The summed E-state index contributed by atoms with van der Waals surface area (Å²) in [4.78, 5) is 44.2. The first-order valence-corrected chi connectivity index (χ1v) is 14.1. The third-order valence-electron chi connectivity index (χ3n) is 8.30. The zero-order chi connectivity index (χ0) is 28.5. The van der Waals surface area contributed by atoms with E-state index in [0.29, 0.717) is 32.0 Å². The summed E-state index contributed by atoms with van der Waals surface area (Å²) in [6.07, 6.45) is -0.0747. The van der Waals surface area contributed by atoms with Gasteiger partial charge in [-0.2, -0.15) is 5.01 Å². The molecule has 1 N–H and O–H groups in total. The molecule has 6 rings (SSSR count). The van der Waals surface area contributed by atoms with Gasteiger partial charge in [0.15, 0.2) is 0 Å². The van der Waals surface area contributed by atoms with Crippen molar-refractivity contribution in [3.8, 4) is 5.75 Å². The second kappa shape index (κ2) is 11.2. The van der Waals surface area contributed by atoms with Gasteiger partial charge in [-0.05, 0) is 11.1 Å². The molecule has 4 amide bonds. The van der Waals surface area contributed by atoms with Gasteiger partial charge in [-0.25, -0.2) is 4.79 Å². The highest BCUT2D eigenvalue weighted by atomic mass is 16.5. The molecule has 9 nitrogen and oxygen atoms in total. The SMILES string of the molecule is CC1COc2c(CN3C[C@H]4N(C(=O)CN4N(C)C(=O)NCc4ccccc4)C(Cc4ccccc4)C3=O)cccc21. The van der Waals surface area contributed by atoms with Gasteiger partial charge < -0.3 is 19.9 Å². The summed E-state index contributed by atoms with van der Waals surface area (Å²) < 4.78 is 6.02. The summed E-state index contributed by atoms with van der Waals surface area (Å²) in [6, 6.07) is 24.5. The van der Waals surface area contributed by atoms with Gasteiger partial charge in [0, 0.05) is 43.6 Å². The molecule has 3 aliphatic heterocycles. The molecule has 2 unspecified atom stereocenters. The maximum atomic E-state index is 14.0. The first-order chi connectivity index (χ1) is 19.9. The maximum absolute atomic E-state index is 14.0. The minimum Gasteiger partial charge on any atom is -0.492 e. The van der Waals surface area contributed by atoms with E-state index in [4.69, 9.17) is 4.74 Å². The molecule has 0 aromatic heterocycles. The number of carbonyl (C=O) groups excluding carboxylic acids is 3. The number of hydrogen-bond donors (Lipinski definition) is 1. The van der Waals surface area contributed by atoms with Gasteiger partial charge in [-0.15, -0.1) is 0 Å². The van der Waals surface area contributed by atoms with Crippen LogP contribution in [-0.4, -0.2) is 76.6 Å². The van der Waals surface area contributed by atoms with Crippen molar-refractivity contribution in [2.24, 2.45) is 0 Å². The predicted molar refractivity (Wildman–Crippen MR) is 153 cm³/mol. The van der Waals surface area contributed by atoms with Crippen molar-refractivity contribution in [3.05, 3.63) is 101 Å². The van der Waals surface area contributed by atoms with E-state index in [9.17, 15) is 14.4 Å². The summed E-state index contributed by atoms with van der Waals surface area (Å²) in [5.74, 6) is 0.894. The summed E-state index contributed by atoms with van der Waals surface area (Å²) in [7, 11) is 1.67. The average molecular weight is 554 g/mol. The number of urea groups is 1. The molecular formula is C32H35N5O4. The topological polar surface area (TPSA) is 85.4 Å². The smallest absolute Gasteiger partial charge is 0.332 e. The Morgan fingerprint density at radius 3 is 2.41 bits per heavy atom. The number of carbonyl (C=O) groups is 3. The summed E-state index contributed by atoms with van der Waals surface area (Å²) in [5, 5.41) is 6.20. The fourth-order valence-corrected chi connectivity index (χ4v) is 6.09. The molecule has 3 aromatic rings. The molecule has 3 heterocycles. The van der Waals surface area contributed by atoms with Crippen molar-refractivity contribution in [3.63, 3.8) is 0 Å². The molecule has 0 aliphatic carbocycles. The number of hydrogen-bond acceptors (Lipinski definition) is 5. The van der Waals surface area contributed by atoms with Gasteiger partial charge in [0.25, 0.3) is 0 Å². The normalized spacial score (nSPS) is 21.9. The largest absolute Gasteiger partial charge is 0.492 e. The summed E-state index contributed by atoms with van der Waals surface area (Å²) in [5.41, 5.74) is 4.07. The van der Waals surface area contributed by atoms with Gasteiger partial charge in [0.1, 0.15) is 18.0 Å². The Morgan fingerprint density at radius 1 is 0.976 bits per heavy atom. The number of nitrogens with one attached hydrogen (secondary N) is 1. The van der Waals surface area contributed by atoms with Crippen LogP contribution in [0.3, 0.4) is 0 Å². The first-order valence-electron chi connectivity index (χ1n) is 14.1. The van der Waals surface area contributed by atoms with Crippen LogP contribution in [0.1, 0.15) is 35.1 Å². The van der Waals surface area contributed by atoms with E-state index in [1.165, 1.54) is 5.01 Å². The van der Waals surface area contributed by atoms with Crippen LogP contribution in [-0.2, 0) is 29.1 Å². The third-order valence-corrected chi connectivity index (χ3v) is 8.30. The number of benzene rings is 3. The van der Waals surface area contributed by atoms with E-state index >= 15 is 0 Å². The Balaban J connectivity index is 1.27. The Labute approximate surface area is 240 Å². The van der Waals surface area contributed by atoms with E-state index in [1.54, 1.807) is 17.0 Å². The monoisotopic (exact) mass is 553 g/mol. The number of piperazine rings is 1. The second-order valence-electron chi connectivity index (χ2n) is 11.0. The van der Waals surface area contributed by atoms with E-state index < -0.39 is 12.2 Å². The second-order valence-corrected chi connectivity index (χ2v) is 11.0. The van der Waals surface area contributed by atoms with E-state index in [-0.39, 0.29) is 30.9 Å². The molecule has 212 valence electrons. The first kappa shape index (κ1) is 26.8. The maximum Gasteiger partial charge on any atom is 0.332 e. The minimum atomic E-state index is -0.675. The van der Waals surface area contributed by atoms with E-state index in [1.807, 2.05) is 77.7 Å². The quantitative estimate of drug-likeness (QED) is 0.485. The van der Waals surface area contributed by atoms with Gasteiger partial charge in [0.2, 0.25) is 11.8 Å². The number of nitrogens with zero attached hydrogens (tertiary/aromatic N) is 4. The van der Waals surface area contributed by atoms with Crippen LogP contribution in [0.4, 0.5) is 4.79 Å². The molecule has 41 heavy (non-hydrogen) atoms. The average Bonchev–Trinajstić information content (AvgIpc) is 3.54. The standard InChI is InChI=1S/C32H35N5O4/c1-22-21-41-30-25(14-9-15-26(22)30)18-35-19-28-36(34(2)32(40)33-17-24-12-7-4-8-13-24)20-29(38)37(28)27(31(35)39)16-23-10-5-3-6-11-23/h3-15,22,27-28H,16-21H2,1-2H3,(H,33,40)/t22?,27?,28-/m1/s1. The molecule has 3 aliphatic rings. The lowest BCUT2D eigenvalue weighted by atomic mass is 9.98. The Kier molecular flexibility index (Phi) is 7.36. The highest BCUT2D eigenvalue weighted by molar-refractivity contribution is 5.91. The van der Waals surface area contributed by atoms with Crippen LogP contribution in [0.15, 0.2) is 78.9 Å². The number of amides is 4. The molecular weight excluding hydrogens is 518 g/mol. The van der Waals surface area contributed by atoms with Gasteiger partial charge >= 0.3 is 6.03 Å². The van der Waals surface area contributed by atoms with Crippen LogP contribution < -0.4 is 10.1 Å². The summed E-state index contributed by atoms with van der Waals surface area (Å²) in [6.45, 7) is 3.81. The molecule has 2 fully saturated rings. The highest BCUT2D eigenvalue weighted by Gasteiger charge is 2.51. The van der Waals surface area contributed by atoms with Crippen molar-refractivity contribution in [2.75, 3.05) is 26.7 Å². The van der Waals surface area contributed by atoms with E-state index in [2.05, 4.69) is 18.3 Å². The Hall–Kier alpha value is -4.37. The van der Waals surface area contributed by atoms with Crippen LogP contribution in [0.5, 0.6) is 5.75 Å². The van der Waals surface area contributed by atoms with Gasteiger partial charge in [0.05, 0.1) is 19.7 Å². The molecule has 0 spiro atoms. The molecule has 3 aromatic carbocycles. The molecule has 2 saturated heterocycles. The lowest BCUT2D eigenvalue weighted by Crippen LogP contribution is -2.65. The molecule has 0 radical (unpaired) electrons. The van der Waals surface area contributed by atoms with Crippen LogP contribution >= 0.6 is 0 Å². The number of rotatable bonds is 7. The number of hydrazine groups is 1.